The van der Waals surface area contributed by atoms with E-state index in [4.69, 9.17) is 11.6 Å². The number of rotatable bonds is 5. The standard InChI is InChI=1S/C18H21ClN4O/c1-20-18(23(2)13-14-8-6-7-11-16(14)19)21-12-17(24)22-15-9-4-3-5-10-15/h3-11H,12-13H2,1-2H3,(H,20,21)(H,22,24). The van der Waals surface area contributed by atoms with E-state index < -0.39 is 0 Å². The minimum atomic E-state index is -0.131. The summed E-state index contributed by atoms with van der Waals surface area (Å²) < 4.78 is 0. The Morgan fingerprint density at radius 2 is 1.79 bits per heavy atom. The number of halogens is 1. The highest BCUT2D eigenvalue weighted by atomic mass is 35.5. The molecule has 2 rings (SSSR count). The lowest BCUT2D eigenvalue weighted by atomic mass is 10.2. The van der Waals surface area contributed by atoms with E-state index in [1.54, 1.807) is 7.05 Å². The first-order valence-electron chi connectivity index (χ1n) is 7.60. The van der Waals surface area contributed by atoms with Crippen LogP contribution in [-0.4, -0.2) is 37.4 Å². The third-order valence-electron chi connectivity index (χ3n) is 3.40. The van der Waals surface area contributed by atoms with Crippen molar-refractivity contribution in [2.75, 3.05) is 26.0 Å². The lowest BCUT2D eigenvalue weighted by molar-refractivity contribution is -0.115. The number of carbonyl (C=O) groups excluding carboxylic acids is 1. The number of carbonyl (C=O) groups is 1. The topological polar surface area (TPSA) is 56.7 Å². The Morgan fingerprint density at radius 3 is 2.46 bits per heavy atom. The second kappa shape index (κ2) is 8.93. The van der Waals surface area contributed by atoms with E-state index in [9.17, 15) is 4.79 Å². The van der Waals surface area contributed by atoms with Crippen LogP contribution >= 0.6 is 11.6 Å². The van der Waals surface area contributed by atoms with Crippen molar-refractivity contribution in [3.63, 3.8) is 0 Å². The molecule has 0 bridgehead atoms. The van der Waals surface area contributed by atoms with Crippen molar-refractivity contribution in [2.24, 2.45) is 4.99 Å². The van der Waals surface area contributed by atoms with Crippen molar-refractivity contribution in [3.05, 3.63) is 65.2 Å². The molecule has 0 aromatic heterocycles. The monoisotopic (exact) mass is 344 g/mol. The Kier molecular flexibility index (Phi) is 6.63. The summed E-state index contributed by atoms with van der Waals surface area (Å²) in [5, 5.41) is 6.58. The lowest BCUT2D eigenvalue weighted by Crippen LogP contribution is -2.42. The van der Waals surface area contributed by atoms with Crippen molar-refractivity contribution in [1.82, 2.24) is 10.2 Å². The van der Waals surface area contributed by atoms with Gasteiger partial charge in [-0.25, -0.2) is 0 Å². The van der Waals surface area contributed by atoms with E-state index in [-0.39, 0.29) is 12.5 Å². The van der Waals surface area contributed by atoms with Crippen LogP contribution in [0.1, 0.15) is 5.56 Å². The zero-order chi connectivity index (χ0) is 17.4. The molecule has 0 saturated heterocycles. The maximum atomic E-state index is 12.0. The van der Waals surface area contributed by atoms with Crippen LogP contribution in [0.25, 0.3) is 0 Å². The number of aliphatic imine (C=N–C) groups is 1. The fraction of sp³-hybridized carbons (Fsp3) is 0.222. The van der Waals surface area contributed by atoms with Crippen LogP contribution in [0.15, 0.2) is 59.6 Å². The quantitative estimate of drug-likeness (QED) is 0.647. The van der Waals surface area contributed by atoms with Gasteiger partial charge in [0.25, 0.3) is 0 Å². The molecule has 2 aromatic rings. The number of hydrogen-bond donors (Lipinski definition) is 2. The molecule has 0 aliphatic carbocycles. The molecule has 126 valence electrons. The summed E-state index contributed by atoms with van der Waals surface area (Å²) in [4.78, 5) is 18.1. The number of guanidine groups is 1. The maximum Gasteiger partial charge on any atom is 0.243 e. The van der Waals surface area contributed by atoms with Crippen LogP contribution < -0.4 is 10.6 Å². The summed E-state index contributed by atoms with van der Waals surface area (Å²) in [5.74, 6) is 0.492. The highest BCUT2D eigenvalue weighted by Crippen LogP contribution is 2.16. The third kappa shape index (κ3) is 5.28. The predicted octanol–water partition coefficient (Wildman–Crippen LogP) is 2.99. The molecule has 6 heteroatoms. The highest BCUT2D eigenvalue weighted by molar-refractivity contribution is 6.31. The first kappa shape index (κ1) is 17.8. The van der Waals surface area contributed by atoms with Gasteiger partial charge in [-0.15, -0.1) is 0 Å². The average molecular weight is 345 g/mol. The van der Waals surface area contributed by atoms with E-state index in [0.29, 0.717) is 17.5 Å². The van der Waals surface area contributed by atoms with Crippen LogP contribution in [-0.2, 0) is 11.3 Å². The summed E-state index contributed by atoms with van der Waals surface area (Å²) in [6, 6.07) is 17.0. The van der Waals surface area contributed by atoms with Gasteiger partial charge in [-0.05, 0) is 23.8 Å². The van der Waals surface area contributed by atoms with Gasteiger partial charge in [0.15, 0.2) is 5.96 Å². The number of nitrogens with zero attached hydrogens (tertiary/aromatic N) is 2. The Hall–Kier alpha value is -2.53. The molecule has 2 N–H and O–H groups in total. The van der Waals surface area contributed by atoms with Gasteiger partial charge >= 0.3 is 0 Å². The lowest BCUT2D eigenvalue weighted by Gasteiger charge is -2.22. The SMILES string of the molecule is CN=C(NCC(=O)Nc1ccccc1)N(C)Cc1ccccc1Cl. The molecule has 0 saturated carbocycles. The molecule has 0 heterocycles. The van der Waals surface area contributed by atoms with Gasteiger partial charge in [0, 0.05) is 31.4 Å². The average Bonchev–Trinajstić information content (AvgIpc) is 2.58. The van der Waals surface area contributed by atoms with Crippen molar-refractivity contribution in [1.29, 1.82) is 0 Å². The number of para-hydroxylation sites is 1. The molecular weight excluding hydrogens is 324 g/mol. The molecule has 0 unspecified atom stereocenters. The van der Waals surface area contributed by atoms with Gasteiger partial charge in [-0.1, -0.05) is 48.0 Å². The van der Waals surface area contributed by atoms with Crippen LogP contribution in [0.4, 0.5) is 5.69 Å². The zero-order valence-electron chi connectivity index (χ0n) is 13.8. The van der Waals surface area contributed by atoms with Crippen molar-refractivity contribution < 1.29 is 4.79 Å². The fourth-order valence-electron chi connectivity index (χ4n) is 2.23. The molecule has 0 atom stereocenters. The molecule has 0 aliphatic rings. The molecule has 0 spiro atoms. The minimum Gasteiger partial charge on any atom is -0.347 e. The number of amides is 1. The molecular formula is C18H21ClN4O. The summed E-state index contributed by atoms with van der Waals surface area (Å²) in [5.41, 5.74) is 1.77. The summed E-state index contributed by atoms with van der Waals surface area (Å²) in [7, 11) is 3.58. The number of anilines is 1. The van der Waals surface area contributed by atoms with Gasteiger partial charge in [0.1, 0.15) is 0 Å². The third-order valence-corrected chi connectivity index (χ3v) is 3.77. The van der Waals surface area contributed by atoms with Crippen LogP contribution in [0.5, 0.6) is 0 Å². The van der Waals surface area contributed by atoms with Gasteiger partial charge in [-0.2, -0.15) is 0 Å². The van der Waals surface area contributed by atoms with Gasteiger partial charge < -0.3 is 15.5 Å². The van der Waals surface area contributed by atoms with Crippen LogP contribution in [0, 0.1) is 0 Å². The predicted molar refractivity (Wildman–Crippen MR) is 99.4 cm³/mol. The van der Waals surface area contributed by atoms with Crippen LogP contribution in [0.2, 0.25) is 5.02 Å². The maximum absolute atomic E-state index is 12.0. The second-order valence-corrected chi connectivity index (χ2v) is 5.67. The molecule has 24 heavy (non-hydrogen) atoms. The zero-order valence-corrected chi connectivity index (χ0v) is 14.5. The summed E-state index contributed by atoms with van der Waals surface area (Å²) in [6.45, 7) is 0.730. The Bertz CT molecular complexity index is 703. The van der Waals surface area contributed by atoms with E-state index in [0.717, 1.165) is 11.3 Å². The minimum absolute atomic E-state index is 0.131. The molecule has 0 aliphatic heterocycles. The number of hydrogen-bond acceptors (Lipinski definition) is 2. The molecule has 0 radical (unpaired) electrons. The van der Waals surface area contributed by atoms with Crippen molar-refractivity contribution >= 4 is 29.2 Å². The number of benzene rings is 2. The van der Waals surface area contributed by atoms with E-state index in [2.05, 4.69) is 15.6 Å². The normalized spacial score (nSPS) is 11.0. The largest absolute Gasteiger partial charge is 0.347 e. The van der Waals surface area contributed by atoms with Crippen molar-refractivity contribution in [3.8, 4) is 0 Å². The molecule has 5 nitrogen and oxygen atoms in total. The molecule has 2 aromatic carbocycles. The van der Waals surface area contributed by atoms with E-state index in [1.165, 1.54) is 0 Å². The smallest absolute Gasteiger partial charge is 0.243 e. The second-order valence-electron chi connectivity index (χ2n) is 5.26. The Morgan fingerprint density at radius 1 is 1.12 bits per heavy atom. The van der Waals surface area contributed by atoms with Gasteiger partial charge in [-0.3, -0.25) is 9.79 Å². The van der Waals surface area contributed by atoms with E-state index >= 15 is 0 Å². The first-order chi connectivity index (χ1) is 11.6. The molecule has 1 amide bonds. The first-order valence-corrected chi connectivity index (χ1v) is 7.98. The summed E-state index contributed by atoms with van der Waals surface area (Å²) >= 11 is 6.18. The highest BCUT2D eigenvalue weighted by Gasteiger charge is 2.10. The number of nitrogens with one attached hydrogen (secondary N) is 2. The van der Waals surface area contributed by atoms with Gasteiger partial charge in [0.05, 0.1) is 6.54 Å². The van der Waals surface area contributed by atoms with Crippen LogP contribution in [0.3, 0.4) is 0 Å². The van der Waals surface area contributed by atoms with Gasteiger partial charge in [0.2, 0.25) is 5.91 Å². The Balaban J connectivity index is 1.87. The molecule has 0 fully saturated rings. The van der Waals surface area contributed by atoms with Crippen molar-refractivity contribution in [2.45, 2.75) is 6.54 Å². The Labute approximate surface area is 147 Å². The summed E-state index contributed by atoms with van der Waals surface area (Å²) in [6.07, 6.45) is 0. The fourth-order valence-corrected chi connectivity index (χ4v) is 2.42. The van der Waals surface area contributed by atoms with E-state index in [1.807, 2.05) is 66.5 Å².